The third-order valence-electron chi connectivity index (χ3n) is 2.75. The molecule has 1 fully saturated rings. The number of para-hydroxylation sites is 1. The van der Waals surface area contributed by atoms with E-state index >= 15 is 0 Å². The molecule has 16 heavy (non-hydrogen) atoms. The number of nitrogens with two attached hydrogens (primary N) is 1. The van der Waals surface area contributed by atoms with E-state index < -0.39 is 5.91 Å². The minimum atomic E-state index is -0.447. The van der Waals surface area contributed by atoms with Crippen LogP contribution in [0.4, 0.5) is 0 Å². The highest BCUT2D eigenvalue weighted by molar-refractivity contribution is 5.95. The lowest BCUT2D eigenvalue weighted by atomic mass is 10.2. The lowest BCUT2D eigenvalue weighted by Gasteiger charge is -2.16. The molecule has 1 heterocycles. The number of carbonyl (C=O) groups excluding carboxylic acids is 1. The van der Waals surface area contributed by atoms with Crippen LogP contribution >= 0.6 is 0 Å². The van der Waals surface area contributed by atoms with Crippen LogP contribution in [0.2, 0.25) is 0 Å². The third-order valence-corrected chi connectivity index (χ3v) is 2.75. The summed E-state index contributed by atoms with van der Waals surface area (Å²) in [5.41, 5.74) is 5.71. The van der Waals surface area contributed by atoms with Crippen LogP contribution < -0.4 is 10.5 Å². The van der Waals surface area contributed by atoms with Crippen molar-refractivity contribution in [2.24, 2.45) is 5.73 Å². The first-order valence-electron chi connectivity index (χ1n) is 5.51. The Bertz CT molecular complexity index is 373. The molecule has 0 unspecified atom stereocenters. The van der Waals surface area contributed by atoms with E-state index in [1.807, 2.05) is 6.07 Å². The lowest BCUT2D eigenvalue weighted by molar-refractivity contribution is 0.0989. The van der Waals surface area contributed by atoms with Gasteiger partial charge in [-0.05, 0) is 25.0 Å². The van der Waals surface area contributed by atoms with Crippen LogP contribution in [0.15, 0.2) is 24.3 Å². The van der Waals surface area contributed by atoms with E-state index in [1.165, 1.54) is 12.8 Å². The number of ether oxygens (including phenoxy) is 1. The van der Waals surface area contributed by atoms with Gasteiger partial charge in [0.15, 0.2) is 0 Å². The molecular formula is C12H16N2O2. The maximum atomic E-state index is 11.1. The second-order valence-electron chi connectivity index (χ2n) is 3.96. The molecule has 0 radical (unpaired) electrons. The van der Waals surface area contributed by atoms with Crippen LogP contribution in [-0.4, -0.2) is 30.6 Å². The summed E-state index contributed by atoms with van der Waals surface area (Å²) < 4.78 is 5.61. The van der Waals surface area contributed by atoms with E-state index in [0.717, 1.165) is 13.1 Å². The van der Waals surface area contributed by atoms with Crippen molar-refractivity contribution >= 4 is 5.91 Å². The Kier molecular flexibility index (Phi) is 3.41. The van der Waals surface area contributed by atoms with E-state index in [2.05, 4.69) is 4.90 Å². The van der Waals surface area contributed by atoms with Crippen LogP contribution in [0.1, 0.15) is 23.2 Å². The van der Waals surface area contributed by atoms with Crippen molar-refractivity contribution in [2.45, 2.75) is 12.8 Å². The molecule has 0 spiro atoms. The summed E-state index contributed by atoms with van der Waals surface area (Å²) in [6.07, 6.45) is 2.45. The summed E-state index contributed by atoms with van der Waals surface area (Å²) in [4.78, 5) is 13.4. The largest absolute Gasteiger partial charge is 0.477 e. The number of hydrogen-bond acceptors (Lipinski definition) is 3. The Morgan fingerprint density at radius 2 is 2.00 bits per heavy atom. The molecular weight excluding hydrogens is 204 g/mol. The van der Waals surface area contributed by atoms with Gasteiger partial charge in [0.05, 0.1) is 5.56 Å². The topological polar surface area (TPSA) is 55.6 Å². The molecule has 0 aromatic heterocycles. The van der Waals surface area contributed by atoms with Crippen LogP contribution in [0, 0.1) is 0 Å². The van der Waals surface area contributed by atoms with Crippen LogP contribution in [0.25, 0.3) is 0 Å². The fraction of sp³-hybridized carbons (Fsp3) is 0.417. The van der Waals surface area contributed by atoms with Gasteiger partial charge in [0.25, 0.3) is 5.91 Å². The first-order valence-corrected chi connectivity index (χ1v) is 5.51. The van der Waals surface area contributed by atoms with E-state index in [9.17, 15) is 4.79 Å². The molecule has 2 N–H and O–H groups in total. The molecule has 1 saturated heterocycles. The molecule has 4 nitrogen and oxygen atoms in total. The van der Waals surface area contributed by atoms with Gasteiger partial charge in [0.2, 0.25) is 0 Å². The van der Waals surface area contributed by atoms with Crippen molar-refractivity contribution in [3.63, 3.8) is 0 Å². The van der Waals surface area contributed by atoms with Gasteiger partial charge in [-0.2, -0.15) is 0 Å². The predicted molar refractivity (Wildman–Crippen MR) is 61.3 cm³/mol. The van der Waals surface area contributed by atoms with Crippen molar-refractivity contribution in [3.8, 4) is 5.75 Å². The molecule has 1 aliphatic heterocycles. The fourth-order valence-electron chi connectivity index (χ4n) is 1.87. The fourth-order valence-corrected chi connectivity index (χ4v) is 1.87. The summed E-state index contributed by atoms with van der Waals surface area (Å²) in [7, 11) is 0. The number of nitrogens with zero attached hydrogens (tertiary/aromatic N) is 1. The molecule has 0 atom stereocenters. The number of hydrogen-bond donors (Lipinski definition) is 1. The van der Waals surface area contributed by atoms with E-state index in [1.54, 1.807) is 18.2 Å². The van der Waals surface area contributed by atoms with Crippen LogP contribution in [-0.2, 0) is 0 Å². The highest BCUT2D eigenvalue weighted by Gasteiger charge is 2.13. The first-order chi connectivity index (χ1) is 7.77. The van der Waals surface area contributed by atoms with Crippen molar-refractivity contribution < 1.29 is 9.53 Å². The summed E-state index contributed by atoms with van der Waals surface area (Å²) in [6, 6.07) is 7.08. The van der Waals surface area contributed by atoms with Crippen LogP contribution in [0.3, 0.4) is 0 Å². The van der Waals surface area contributed by atoms with E-state index in [4.69, 9.17) is 10.5 Å². The van der Waals surface area contributed by atoms with Gasteiger partial charge < -0.3 is 10.5 Å². The van der Waals surface area contributed by atoms with Crippen LogP contribution in [0.5, 0.6) is 5.75 Å². The number of benzene rings is 1. The maximum Gasteiger partial charge on any atom is 0.252 e. The van der Waals surface area contributed by atoms with Gasteiger partial charge in [0, 0.05) is 13.1 Å². The standard InChI is InChI=1S/C12H16N2O2/c13-12(15)10-5-1-2-6-11(10)16-9-14-7-3-4-8-14/h1-2,5-6H,3-4,7-9H2,(H2,13,15). The number of rotatable bonds is 4. The molecule has 0 saturated carbocycles. The number of likely N-dealkylation sites (tertiary alicyclic amines) is 1. The Balaban J connectivity index is 2.00. The zero-order valence-electron chi connectivity index (χ0n) is 9.19. The monoisotopic (exact) mass is 220 g/mol. The lowest BCUT2D eigenvalue weighted by Crippen LogP contribution is -2.25. The summed E-state index contributed by atoms with van der Waals surface area (Å²) >= 11 is 0. The number of amides is 1. The molecule has 86 valence electrons. The summed E-state index contributed by atoms with van der Waals surface area (Å²) in [5, 5.41) is 0. The van der Waals surface area contributed by atoms with Gasteiger partial charge in [-0.1, -0.05) is 12.1 Å². The third kappa shape index (κ3) is 2.52. The molecule has 0 bridgehead atoms. The molecule has 1 amide bonds. The molecule has 1 aromatic rings. The first kappa shape index (κ1) is 11.0. The zero-order chi connectivity index (χ0) is 11.4. The minimum Gasteiger partial charge on any atom is -0.477 e. The number of carbonyl (C=O) groups is 1. The van der Waals surface area contributed by atoms with Gasteiger partial charge in [-0.25, -0.2) is 0 Å². The minimum absolute atomic E-state index is 0.446. The van der Waals surface area contributed by atoms with Crippen molar-refractivity contribution in [2.75, 3.05) is 19.8 Å². The van der Waals surface area contributed by atoms with Crippen molar-refractivity contribution in [1.82, 2.24) is 4.90 Å². The van der Waals surface area contributed by atoms with Gasteiger partial charge >= 0.3 is 0 Å². The Labute approximate surface area is 95.0 Å². The molecule has 2 rings (SSSR count). The Morgan fingerprint density at radius 3 is 2.69 bits per heavy atom. The zero-order valence-corrected chi connectivity index (χ0v) is 9.19. The SMILES string of the molecule is NC(=O)c1ccccc1OCN1CCCC1. The van der Waals surface area contributed by atoms with Gasteiger partial charge in [-0.3, -0.25) is 9.69 Å². The van der Waals surface area contributed by atoms with Crippen molar-refractivity contribution in [1.29, 1.82) is 0 Å². The highest BCUT2D eigenvalue weighted by atomic mass is 16.5. The number of primary amides is 1. The molecule has 1 aromatic carbocycles. The second kappa shape index (κ2) is 4.99. The average molecular weight is 220 g/mol. The highest BCUT2D eigenvalue weighted by Crippen LogP contribution is 2.18. The predicted octanol–water partition coefficient (Wildman–Crippen LogP) is 1.22. The Morgan fingerprint density at radius 1 is 1.31 bits per heavy atom. The van der Waals surface area contributed by atoms with E-state index in [0.29, 0.717) is 18.0 Å². The smallest absolute Gasteiger partial charge is 0.252 e. The van der Waals surface area contributed by atoms with Crippen molar-refractivity contribution in [3.05, 3.63) is 29.8 Å². The molecule has 1 aliphatic rings. The Hall–Kier alpha value is -1.55. The summed E-state index contributed by atoms with van der Waals surface area (Å²) in [6.45, 7) is 2.67. The summed E-state index contributed by atoms with van der Waals surface area (Å²) in [5.74, 6) is 0.124. The maximum absolute atomic E-state index is 11.1. The normalized spacial score (nSPS) is 16.2. The second-order valence-corrected chi connectivity index (χ2v) is 3.96. The van der Waals surface area contributed by atoms with Gasteiger partial charge in [-0.15, -0.1) is 0 Å². The molecule has 0 aliphatic carbocycles. The molecule has 4 heteroatoms. The quantitative estimate of drug-likeness (QED) is 0.830. The van der Waals surface area contributed by atoms with Gasteiger partial charge in [0.1, 0.15) is 12.5 Å². The van der Waals surface area contributed by atoms with E-state index in [-0.39, 0.29) is 0 Å². The average Bonchev–Trinajstić information content (AvgIpc) is 2.79.